The lowest BCUT2D eigenvalue weighted by Gasteiger charge is -2.19. The Hall–Kier alpha value is -3.21. The zero-order valence-electron chi connectivity index (χ0n) is 49.5. The van der Waals surface area contributed by atoms with E-state index in [1.165, 1.54) is 199 Å². The molecule has 0 aliphatic carbocycles. The van der Waals surface area contributed by atoms with Crippen LogP contribution in [0.5, 0.6) is 0 Å². The monoisotopic (exact) mass is 1040 g/mol. The molecule has 0 fully saturated rings. The molecule has 2 unspecified atom stereocenters. The Labute approximate surface area is 467 Å². The highest BCUT2D eigenvalue weighted by Gasteiger charge is 2.18. The molecule has 0 saturated carbocycles. The van der Waals surface area contributed by atoms with E-state index in [9.17, 15) is 15.0 Å². The molecule has 0 aromatic rings. The van der Waals surface area contributed by atoms with Crippen molar-refractivity contribution in [2.24, 2.45) is 0 Å². The van der Waals surface area contributed by atoms with Crippen LogP contribution in [0.2, 0.25) is 0 Å². The Morgan fingerprint density at radius 2 is 0.600 bits per heavy atom. The number of amides is 1. The van der Waals surface area contributed by atoms with Crippen molar-refractivity contribution >= 4 is 5.91 Å². The summed E-state index contributed by atoms with van der Waals surface area (Å²) in [7, 11) is 0. The molecule has 0 heterocycles. The molecule has 0 saturated heterocycles. The average molecular weight is 1040 g/mol. The molecule has 0 bridgehead atoms. The normalized spacial score (nSPS) is 13.6. The van der Waals surface area contributed by atoms with Crippen LogP contribution in [0.1, 0.15) is 303 Å². The van der Waals surface area contributed by atoms with Crippen molar-refractivity contribution in [1.82, 2.24) is 5.32 Å². The summed E-state index contributed by atoms with van der Waals surface area (Å²) in [6.07, 6.45) is 99.6. The zero-order chi connectivity index (χ0) is 54.1. The maximum absolute atomic E-state index is 12.5. The summed E-state index contributed by atoms with van der Waals surface area (Å²) in [5.41, 5.74) is 0. The van der Waals surface area contributed by atoms with Crippen molar-refractivity contribution in [3.63, 3.8) is 0 Å². The Bertz CT molecular complexity index is 1460. The van der Waals surface area contributed by atoms with E-state index < -0.39 is 12.1 Å². The van der Waals surface area contributed by atoms with E-state index in [0.717, 1.165) is 83.5 Å². The third-order valence-electron chi connectivity index (χ3n) is 14.2. The van der Waals surface area contributed by atoms with Gasteiger partial charge in [0.15, 0.2) is 0 Å². The highest BCUT2D eigenvalue weighted by atomic mass is 16.3. The van der Waals surface area contributed by atoms with Gasteiger partial charge in [-0.15, -0.1) is 0 Å². The molecule has 0 aliphatic heterocycles. The summed E-state index contributed by atoms with van der Waals surface area (Å²) < 4.78 is 0. The molecule has 430 valence electrons. The van der Waals surface area contributed by atoms with Crippen LogP contribution in [0, 0.1) is 0 Å². The molecule has 0 aromatic carbocycles. The van der Waals surface area contributed by atoms with Crippen molar-refractivity contribution in [2.75, 3.05) is 6.61 Å². The lowest BCUT2D eigenvalue weighted by Crippen LogP contribution is -2.45. The lowest BCUT2D eigenvalue weighted by molar-refractivity contribution is -0.123. The molecule has 0 aliphatic rings. The van der Waals surface area contributed by atoms with E-state index in [0.29, 0.717) is 6.42 Å². The van der Waals surface area contributed by atoms with Crippen LogP contribution in [0.15, 0.2) is 122 Å². The zero-order valence-corrected chi connectivity index (χ0v) is 49.5. The molecular weight excluding hydrogens is 915 g/mol. The van der Waals surface area contributed by atoms with Gasteiger partial charge < -0.3 is 15.5 Å². The maximum atomic E-state index is 12.5. The Morgan fingerprint density at radius 1 is 0.333 bits per heavy atom. The van der Waals surface area contributed by atoms with Gasteiger partial charge in [0.1, 0.15) is 0 Å². The van der Waals surface area contributed by atoms with E-state index in [4.69, 9.17) is 0 Å². The van der Waals surface area contributed by atoms with E-state index in [1.54, 1.807) is 6.08 Å². The fourth-order valence-electron chi connectivity index (χ4n) is 9.31. The predicted molar refractivity (Wildman–Crippen MR) is 336 cm³/mol. The van der Waals surface area contributed by atoms with Gasteiger partial charge in [0.25, 0.3) is 0 Å². The highest BCUT2D eigenvalue weighted by Crippen LogP contribution is 2.16. The molecule has 75 heavy (non-hydrogen) atoms. The fraction of sp³-hybridized carbons (Fsp3) is 0.704. The third-order valence-corrected chi connectivity index (χ3v) is 14.2. The van der Waals surface area contributed by atoms with Crippen LogP contribution >= 0.6 is 0 Å². The van der Waals surface area contributed by atoms with Gasteiger partial charge in [-0.2, -0.15) is 0 Å². The van der Waals surface area contributed by atoms with Crippen molar-refractivity contribution in [2.45, 2.75) is 315 Å². The lowest BCUT2D eigenvalue weighted by atomic mass is 10.0. The molecule has 0 radical (unpaired) electrons. The number of hydrogen-bond acceptors (Lipinski definition) is 3. The van der Waals surface area contributed by atoms with E-state index in [2.05, 4.69) is 129 Å². The van der Waals surface area contributed by atoms with Gasteiger partial charge in [-0.1, -0.05) is 315 Å². The van der Waals surface area contributed by atoms with E-state index in [1.807, 2.05) is 6.08 Å². The van der Waals surface area contributed by atoms with Crippen molar-refractivity contribution < 1.29 is 15.0 Å². The number of carbonyl (C=O) groups excluding carboxylic acids is 1. The van der Waals surface area contributed by atoms with Gasteiger partial charge in [-0.05, 0) is 103 Å². The first kappa shape index (κ1) is 71.8. The van der Waals surface area contributed by atoms with Gasteiger partial charge in [-0.25, -0.2) is 0 Å². The minimum atomic E-state index is -0.878. The molecule has 3 N–H and O–H groups in total. The van der Waals surface area contributed by atoms with Crippen LogP contribution in [-0.4, -0.2) is 34.9 Å². The minimum absolute atomic E-state index is 0.0796. The van der Waals surface area contributed by atoms with Gasteiger partial charge in [0.2, 0.25) is 5.91 Å². The van der Waals surface area contributed by atoms with Gasteiger partial charge in [0, 0.05) is 6.42 Å². The average Bonchev–Trinajstić information content (AvgIpc) is 3.41. The van der Waals surface area contributed by atoms with E-state index in [-0.39, 0.29) is 12.5 Å². The largest absolute Gasteiger partial charge is 0.394 e. The van der Waals surface area contributed by atoms with Crippen LogP contribution in [-0.2, 0) is 4.79 Å². The molecule has 4 nitrogen and oxygen atoms in total. The summed E-state index contributed by atoms with van der Waals surface area (Å²) in [5.74, 6) is -0.0796. The first-order chi connectivity index (χ1) is 37.2. The summed E-state index contributed by atoms with van der Waals surface area (Å²) >= 11 is 0. The summed E-state index contributed by atoms with van der Waals surface area (Å²) in [6.45, 7) is 4.20. The number of aliphatic hydroxyl groups is 2. The third kappa shape index (κ3) is 61.5. The molecule has 0 spiro atoms. The minimum Gasteiger partial charge on any atom is -0.394 e. The van der Waals surface area contributed by atoms with Gasteiger partial charge in [-0.3, -0.25) is 4.79 Å². The summed E-state index contributed by atoms with van der Waals surface area (Å²) in [5, 5.41) is 23.2. The highest BCUT2D eigenvalue weighted by molar-refractivity contribution is 5.76. The molecule has 2 atom stereocenters. The van der Waals surface area contributed by atoms with Crippen LogP contribution in [0.4, 0.5) is 0 Å². The second-order valence-electron chi connectivity index (χ2n) is 21.4. The Balaban J connectivity index is 3.56. The standard InChI is InChI=1S/C71H123NO3/c1-3-5-7-9-11-13-15-17-19-21-23-25-27-29-31-32-33-34-35-36-37-38-39-40-41-43-45-47-49-51-53-55-57-59-61-63-65-67-71(75)72-69(68-73)70(74)66-64-62-60-58-56-54-52-50-48-46-44-42-30-28-26-24-22-20-18-16-14-12-10-8-6-4-2/h5,7,11,13,17,19,23,25,29,31,33-34,36-37,48,50,56,58,64,66,69-70,73-74H,3-4,6,8-10,12,14-16,18,20-22,24,26-28,30,32,35,38-47,49,51-55,57,59-63,65,67-68H2,1-2H3,(H,72,75)/b7-5-,13-11-,19-17-,25-23-,31-29-,34-33-,37-36-,50-48+,58-56+,66-64+. The molecular formula is C71H123NO3. The van der Waals surface area contributed by atoms with Crippen LogP contribution < -0.4 is 5.32 Å². The van der Waals surface area contributed by atoms with Crippen molar-refractivity contribution in [1.29, 1.82) is 0 Å². The first-order valence-electron chi connectivity index (χ1n) is 32.2. The van der Waals surface area contributed by atoms with Crippen molar-refractivity contribution in [3.8, 4) is 0 Å². The molecule has 4 heteroatoms. The number of aliphatic hydroxyl groups excluding tert-OH is 2. The Morgan fingerprint density at radius 3 is 0.933 bits per heavy atom. The van der Waals surface area contributed by atoms with Crippen molar-refractivity contribution in [3.05, 3.63) is 122 Å². The number of unbranched alkanes of at least 4 members (excludes halogenated alkanes) is 33. The first-order valence-corrected chi connectivity index (χ1v) is 32.2. The Kier molecular flexibility index (Phi) is 62.3. The number of allylic oxidation sites excluding steroid dienone is 19. The summed E-state index contributed by atoms with van der Waals surface area (Å²) in [6, 6.07) is -0.654. The second-order valence-corrected chi connectivity index (χ2v) is 21.4. The van der Waals surface area contributed by atoms with Gasteiger partial charge in [0.05, 0.1) is 18.8 Å². The predicted octanol–water partition coefficient (Wildman–Crippen LogP) is 22.0. The maximum Gasteiger partial charge on any atom is 0.220 e. The molecule has 1 amide bonds. The van der Waals surface area contributed by atoms with E-state index >= 15 is 0 Å². The second kappa shape index (κ2) is 65.1. The van der Waals surface area contributed by atoms with Crippen LogP contribution in [0.25, 0.3) is 0 Å². The summed E-state index contributed by atoms with van der Waals surface area (Å²) in [4.78, 5) is 12.5. The number of carbonyl (C=O) groups is 1. The number of hydrogen-bond donors (Lipinski definition) is 3. The van der Waals surface area contributed by atoms with Gasteiger partial charge >= 0.3 is 0 Å². The number of nitrogens with one attached hydrogen (secondary N) is 1. The molecule has 0 aromatic heterocycles. The quantitative estimate of drug-likeness (QED) is 0.0420. The smallest absolute Gasteiger partial charge is 0.220 e. The van der Waals surface area contributed by atoms with Crippen LogP contribution in [0.3, 0.4) is 0 Å². The molecule has 0 rings (SSSR count). The topological polar surface area (TPSA) is 69.6 Å². The fourth-order valence-corrected chi connectivity index (χ4v) is 9.31. The SMILES string of the molecule is CC/C=C\C/C=C\C/C=C\C/C=C\C/C=C\C/C=C\C/C=C\CCCCCCCCCCCCCCCCCC(=O)NC(CO)C(O)/C=C/CC/C=C/CC/C=C/CCCCCCCCCCCCCCCCCC. The number of rotatable bonds is 58.